The summed E-state index contributed by atoms with van der Waals surface area (Å²) in [7, 11) is 1.67. The van der Waals surface area contributed by atoms with E-state index in [1.165, 1.54) is 0 Å². The van der Waals surface area contributed by atoms with Gasteiger partial charge < -0.3 is 14.8 Å². The van der Waals surface area contributed by atoms with Crippen molar-refractivity contribution in [3.63, 3.8) is 0 Å². The quantitative estimate of drug-likeness (QED) is 0.434. The molecule has 1 unspecified atom stereocenters. The number of methoxy groups -OCH3 is 1. The molecular formula is C10H21NO2. The van der Waals surface area contributed by atoms with Gasteiger partial charge in [0, 0.05) is 19.7 Å². The summed E-state index contributed by atoms with van der Waals surface area (Å²) in [6.45, 7) is 8.79. The van der Waals surface area contributed by atoms with Crippen molar-refractivity contribution in [2.24, 2.45) is 0 Å². The van der Waals surface area contributed by atoms with E-state index in [4.69, 9.17) is 9.47 Å². The number of hydrogen-bond acceptors (Lipinski definition) is 3. The second kappa shape index (κ2) is 9.71. The Morgan fingerprint density at radius 1 is 1.38 bits per heavy atom. The van der Waals surface area contributed by atoms with Crippen LogP contribution in [0.25, 0.3) is 0 Å². The van der Waals surface area contributed by atoms with Crippen molar-refractivity contribution >= 4 is 0 Å². The predicted molar refractivity (Wildman–Crippen MR) is 55.0 cm³/mol. The second-order valence-corrected chi connectivity index (χ2v) is 2.98. The first-order valence-electron chi connectivity index (χ1n) is 4.72. The van der Waals surface area contributed by atoms with Gasteiger partial charge in [-0.05, 0) is 13.3 Å². The Labute approximate surface area is 81.1 Å². The number of nitrogens with one attached hydrogen (secondary N) is 1. The lowest BCUT2D eigenvalue weighted by molar-refractivity contribution is 0.0712. The van der Waals surface area contributed by atoms with Crippen molar-refractivity contribution in [2.75, 3.05) is 33.5 Å². The maximum atomic E-state index is 5.29. The minimum absolute atomic E-state index is 0.489. The highest BCUT2D eigenvalue weighted by Crippen LogP contribution is 1.89. The van der Waals surface area contributed by atoms with Gasteiger partial charge in [-0.25, -0.2) is 0 Å². The van der Waals surface area contributed by atoms with Crippen LogP contribution < -0.4 is 5.32 Å². The van der Waals surface area contributed by atoms with E-state index < -0.39 is 0 Å². The maximum Gasteiger partial charge on any atom is 0.0700 e. The molecule has 0 saturated heterocycles. The third-order valence-corrected chi connectivity index (χ3v) is 1.69. The number of rotatable bonds is 9. The predicted octanol–water partition coefficient (Wildman–Crippen LogP) is 1.20. The van der Waals surface area contributed by atoms with Gasteiger partial charge >= 0.3 is 0 Å². The van der Waals surface area contributed by atoms with Crippen molar-refractivity contribution in [2.45, 2.75) is 19.4 Å². The molecule has 0 rings (SSSR count). The molecule has 0 heterocycles. The standard InChI is InChI=1S/C10H21NO2/c1-4-5-10(2)11-6-7-13-9-8-12-3/h4,10-11H,1,5-9H2,2-3H3. The summed E-state index contributed by atoms with van der Waals surface area (Å²) in [6, 6.07) is 0.489. The van der Waals surface area contributed by atoms with Gasteiger partial charge in [0.1, 0.15) is 0 Å². The minimum atomic E-state index is 0.489. The van der Waals surface area contributed by atoms with Crippen LogP contribution in [0.15, 0.2) is 12.7 Å². The Hall–Kier alpha value is -0.380. The fourth-order valence-electron chi connectivity index (χ4n) is 0.955. The molecule has 1 atom stereocenters. The molecular weight excluding hydrogens is 166 g/mol. The van der Waals surface area contributed by atoms with Crippen LogP contribution in [-0.4, -0.2) is 39.5 Å². The molecule has 3 heteroatoms. The summed E-state index contributed by atoms with van der Waals surface area (Å²) in [4.78, 5) is 0. The summed E-state index contributed by atoms with van der Waals surface area (Å²) in [5.41, 5.74) is 0. The van der Waals surface area contributed by atoms with Gasteiger partial charge in [0.15, 0.2) is 0 Å². The summed E-state index contributed by atoms with van der Waals surface area (Å²) in [5.74, 6) is 0. The van der Waals surface area contributed by atoms with E-state index in [0.29, 0.717) is 19.3 Å². The van der Waals surface area contributed by atoms with Crippen molar-refractivity contribution in [1.82, 2.24) is 5.32 Å². The topological polar surface area (TPSA) is 30.5 Å². The van der Waals surface area contributed by atoms with E-state index in [2.05, 4.69) is 18.8 Å². The van der Waals surface area contributed by atoms with E-state index in [0.717, 1.165) is 19.6 Å². The van der Waals surface area contributed by atoms with Gasteiger partial charge in [-0.2, -0.15) is 0 Å². The van der Waals surface area contributed by atoms with Crippen LogP contribution in [0.5, 0.6) is 0 Å². The average Bonchev–Trinajstić information content (AvgIpc) is 2.11. The second-order valence-electron chi connectivity index (χ2n) is 2.98. The highest BCUT2D eigenvalue weighted by molar-refractivity contribution is 4.74. The molecule has 3 nitrogen and oxygen atoms in total. The zero-order valence-corrected chi connectivity index (χ0v) is 8.71. The fraction of sp³-hybridized carbons (Fsp3) is 0.800. The Kier molecular flexibility index (Phi) is 9.42. The van der Waals surface area contributed by atoms with Crippen LogP contribution in [0.2, 0.25) is 0 Å². The van der Waals surface area contributed by atoms with Gasteiger partial charge in [0.05, 0.1) is 19.8 Å². The largest absolute Gasteiger partial charge is 0.382 e. The van der Waals surface area contributed by atoms with E-state index in [9.17, 15) is 0 Å². The molecule has 0 amide bonds. The van der Waals surface area contributed by atoms with Gasteiger partial charge in [0.2, 0.25) is 0 Å². The fourth-order valence-corrected chi connectivity index (χ4v) is 0.955. The van der Waals surface area contributed by atoms with E-state index >= 15 is 0 Å². The summed E-state index contributed by atoms with van der Waals surface area (Å²) in [6.07, 6.45) is 2.92. The molecule has 0 spiro atoms. The Bertz CT molecular complexity index is 117. The SMILES string of the molecule is C=CCC(C)NCCOCCOC. The van der Waals surface area contributed by atoms with Crippen LogP contribution in [-0.2, 0) is 9.47 Å². The zero-order chi connectivity index (χ0) is 9.94. The van der Waals surface area contributed by atoms with Crippen LogP contribution in [0, 0.1) is 0 Å². The minimum Gasteiger partial charge on any atom is -0.382 e. The monoisotopic (exact) mass is 187 g/mol. The van der Waals surface area contributed by atoms with Crippen LogP contribution in [0.1, 0.15) is 13.3 Å². The number of ether oxygens (including phenoxy) is 2. The Morgan fingerprint density at radius 2 is 2.15 bits per heavy atom. The highest BCUT2D eigenvalue weighted by Gasteiger charge is 1.96. The first kappa shape index (κ1) is 12.6. The molecule has 1 N–H and O–H groups in total. The number of hydrogen-bond donors (Lipinski definition) is 1. The molecule has 0 radical (unpaired) electrons. The van der Waals surface area contributed by atoms with Crippen molar-refractivity contribution in [3.05, 3.63) is 12.7 Å². The van der Waals surface area contributed by atoms with E-state index in [-0.39, 0.29) is 0 Å². The van der Waals surface area contributed by atoms with Crippen LogP contribution >= 0.6 is 0 Å². The molecule has 0 bridgehead atoms. The van der Waals surface area contributed by atoms with Gasteiger partial charge in [-0.15, -0.1) is 6.58 Å². The molecule has 0 aliphatic rings. The average molecular weight is 187 g/mol. The van der Waals surface area contributed by atoms with Crippen molar-refractivity contribution < 1.29 is 9.47 Å². The first-order valence-corrected chi connectivity index (χ1v) is 4.72. The molecule has 0 aromatic rings. The van der Waals surface area contributed by atoms with E-state index in [1.807, 2.05) is 6.08 Å². The first-order chi connectivity index (χ1) is 6.31. The molecule has 0 aromatic heterocycles. The molecule has 0 aliphatic carbocycles. The lowest BCUT2D eigenvalue weighted by Crippen LogP contribution is -2.29. The lowest BCUT2D eigenvalue weighted by atomic mass is 10.2. The van der Waals surface area contributed by atoms with Gasteiger partial charge in [-0.3, -0.25) is 0 Å². The molecule has 0 aromatic carbocycles. The normalized spacial score (nSPS) is 12.8. The summed E-state index contributed by atoms with van der Waals surface area (Å²) in [5, 5.41) is 3.32. The van der Waals surface area contributed by atoms with Crippen molar-refractivity contribution in [1.29, 1.82) is 0 Å². The molecule has 13 heavy (non-hydrogen) atoms. The third kappa shape index (κ3) is 9.53. The summed E-state index contributed by atoms with van der Waals surface area (Å²) < 4.78 is 10.1. The Balaban J connectivity index is 3.01. The highest BCUT2D eigenvalue weighted by atomic mass is 16.5. The molecule has 0 saturated carbocycles. The third-order valence-electron chi connectivity index (χ3n) is 1.69. The van der Waals surface area contributed by atoms with Gasteiger partial charge in [0.25, 0.3) is 0 Å². The molecule has 0 aliphatic heterocycles. The Morgan fingerprint density at radius 3 is 2.77 bits per heavy atom. The zero-order valence-electron chi connectivity index (χ0n) is 8.71. The smallest absolute Gasteiger partial charge is 0.0700 e. The van der Waals surface area contributed by atoms with Crippen LogP contribution in [0.3, 0.4) is 0 Å². The molecule has 0 fully saturated rings. The molecule has 78 valence electrons. The van der Waals surface area contributed by atoms with Crippen LogP contribution in [0.4, 0.5) is 0 Å². The lowest BCUT2D eigenvalue weighted by Gasteiger charge is -2.11. The summed E-state index contributed by atoms with van der Waals surface area (Å²) >= 11 is 0. The maximum absolute atomic E-state index is 5.29. The van der Waals surface area contributed by atoms with Gasteiger partial charge in [-0.1, -0.05) is 6.08 Å². The van der Waals surface area contributed by atoms with Crippen molar-refractivity contribution in [3.8, 4) is 0 Å². The van der Waals surface area contributed by atoms with E-state index in [1.54, 1.807) is 7.11 Å².